The summed E-state index contributed by atoms with van der Waals surface area (Å²) < 4.78 is 18.3. The van der Waals surface area contributed by atoms with Crippen molar-refractivity contribution in [3.8, 4) is 0 Å². The van der Waals surface area contributed by atoms with E-state index in [1.54, 1.807) is 30.1 Å². The highest BCUT2D eigenvalue weighted by Gasteiger charge is 2.71. The van der Waals surface area contributed by atoms with Gasteiger partial charge >= 0.3 is 5.97 Å². The van der Waals surface area contributed by atoms with Crippen LogP contribution in [0.5, 0.6) is 0 Å². The van der Waals surface area contributed by atoms with Gasteiger partial charge < -0.3 is 34.4 Å². The van der Waals surface area contributed by atoms with Gasteiger partial charge in [-0.15, -0.1) is 0 Å². The van der Waals surface area contributed by atoms with Crippen LogP contribution in [-0.2, 0) is 33.4 Å². The molecule has 0 aromatic heterocycles. The maximum Gasteiger partial charge on any atom is 0.313 e. The lowest BCUT2D eigenvalue weighted by Gasteiger charge is -2.36. The molecule has 12 nitrogen and oxygen atoms in total. The van der Waals surface area contributed by atoms with Crippen molar-refractivity contribution < 1.29 is 38.5 Å². The molecular formula is C33H42N4O8. The SMILES string of the molecule is C[C@H]1NC(=O)CC/C=C\[C@H]2O[C@]34C=CCN(CCN5CCOCC5)C(=O)[C@H]3N(CCO)C(=O)[C@@H]4[C@H]2C(=O)O[C@@H]1c1ccccc1. The zero-order valence-corrected chi connectivity index (χ0v) is 25.6. The number of fused-ring (bicyclic) bond motifs is 2. The Bertz CT molecular complexity index is 1330. The Hall–Kier alpha value is -3.58. The number of rotatable bonds is 6. The lowest BCUT2D eigenvalue weighted by molar-refractivity contribution is -0.161. The van der Waals surface area contributed by atoms with Crippen LogP contribution in [0.3, 0.4) is 0 Å². The van der Waals surface area contributed by atoms with Crippen LogP contribution in [0.25, 0.3) is 0 Å². The average Bonchev–Trinajstić information content (AvgIpc) is 3.42. The normalized spacial score (nSPS) is 35.0. The average molecular weight is 623 g/mol. The molecule has 6 rings (SSSR count). The maximum atomic E-state index is 14.3. The number of cyclic esters (lactones) is 1. The molecule has 12 heteroatoms. The van der Waals surface area contributed by atoms with Crippen LogP contribution in [0.2, 0.25) is 0 Å². The number of carbonyl (C=O) groups excluding carboxylic acids is 4. The minimum atomic E-state index is -1.43. The molecule has 3 amide bonds. The molecule has 45 heavy (non-hydrogen) atoms. The first kappa shape index (κ1) is 31.4. The molecule has 3 saturated heterocycles. The molecule has 0 unspecified atom stereocenters. The van der Waals surface area contributed by atoms with E-state index in [2.05, 4.69) is 10.2 Å². The fourth-order valence-corrected chi connectivity index (χ4v) is 7.39. The van der Waals surface area contributed by atoms with Gasteiger partial charge in [0.05, 0.1) is 37.9 Å². The monoisotopic (exact) mass is 622 g/mol. The number of allylic oxidation sites excluding steroid dienone is 1. The van der Waals surface area contributed by atoms with Crippen LogP contribution < -0.4 is 5.32 Å². The van der Waals surface area contributed by atoms with Crippen molar-refractivity contribution >= 4 is 23.7 Å². The number of hydrogen-bond donors (Lipinski definition) is 2. The second kappa shape index (κ2) is 13.4. The number of morpholine rings is 1. The molecule has 2 N–H and O–H groups in total. The number of β-amino-alcohol motifs (C(OH)–C–C–N with tert-alkyl or cyclic N) is 1. The number of amides is 3. The fourth-order valence-electron chi connectivity index (χ4n) is 7.39. The zero-order chi connectivity index (χ0) is 31.6. The molecule has 0 aliphatic carbocycles. The van der Waals surface area contributed by atoms with E-state index in [-0.39, 0.29) is 31.4 Å². The molecular weight excluding hydrogens is 580 g/mol. The van der Waals surface area contributed by atoms with E-state index in [4.69, 9.17) is 14.2 Å². The van der Waals surface area contributed by atoms with Crippen LogP contribution in [0.4, 0.5) is 0 Å². The third kappa shape index (κ3) is 6.04. The van der Waals surface area contributed by atoms with E-state index in [9.17, 15) is 24.3 Å². The number of ether oxygens (including phenoxy) is 3. The van der Waals surface area contributed by atoms with Crippen molar-refractivity contribution in [3.63, 3.8) is 0 Å². The van der Waals surface area contributed by atoms with E-state index in [0.717, 1.165) is 13.1 Å². The second-order valence-corrected chi connectivity index (χ2v) is 12.3. The topological polar surface area (TPSA) is 138 Å². The van der Waals surface area contributed by atoms with Crippen molar-refractivity contribution in [2.75, 3.05) is 59.1 Å². The minimum Gasteiger partial charge on any atom is -0.455 e. The molecule has 1 aromatic carbocycles. The Morgan fingerprint density at radius 2 is 1.78 bits per heavy atom. The van der Waals surface area contributed by atoms with Gasteiger partial charge in [0, 0.05) is 45.7 Å². The Kier molecular flexibility index (Phi) is 9.36. The van der Waals surface area contributed by atoms with Crippen molar-refractivity contribution in [1.29, 1.82) is 0 Å². The van der Waals surface area contributed by atoms with Gasteiger partial charge in [0.2, 0.25) is 17.7 Å². The highest BCUT2D eigenvalue weighted by atomic mass is 16.6. The molecule has 0 saturated carbocycles. The van der Waals surface area contributed by atoms with Gasteiger partial charge in [-0.05, 0) is 18.9 Å². The summed E-state index contributed by atoms with van der Waals surface area (Å²) in [7, 11) is 0. The van der Waals surface area contributed by atoms with Crippen molar-refractivity contribution in [3.05, 3.63) is 60.2 Å². The van der Waals surface area contributed by atoms with Crippen molar-refractivity contribution in [2.24, 2.45) is 11.8 Å². The summed E-state index contributed by atoms with van der Waals surface area (Å²) in [6.45, 7) is 5.67. The third-order valence-electron chi connectivity index (χ3n) is 9.56. The van der Waals surface area contributed by atoms with E-state index >= 15 is 0 Å². The molecule has 0 radical (unpaired) electrons. The number of esters is 1. The summed E-state index contributed by atoms with van der Waals surface area (Å²) in [6.07, 6.45) is 6.08. The fraction of sp³-hybridized carbons (Fsp3) is 0.576. The summed E-state index contributed by atoms with van der Waals surface area (Å²) in [5.41, 5.74) is -0.730. The van der Waals surface area contributed by atoms with Gasteiger partial charge in [-0.2, -0.15) is 0 Å². The minimum absolute atomic E-state index is 0.0695. The molecule has 5 aliphatic rings. The first-order valence-electron chi connectivity index (χ1n) is 15.9. The molecule has 3 fully saturated rings. The van der Waals surface area contributed by atoms with Crippen LogP contribution in [-0.4, -0.2) is 126 Å². The predicted molar refractivity (Wildman–Crippen MR) is 161 cm³/mol. The first-order chi connectivity index (χ1) is 21.8. The number of aliphatic hydroxyl groups excluding tert-OH is 1. The molecule has 1 aromatic rings. The summed E-state index contributed by atoms with van der Waals surface area (Å²) >= 11 is 0. The number of likely N-dealkylation sites (tertiary alicyclic amines) is 1. The number of hydrogen-bond acceptors (Lipinski definition) is 9. The van der Waals surface area contributed by atoms with Crippen LogP contribution >= 0.6 is 0 Å². The van der Waals surface area contributed by atoms with Gasteiger partial charge in [0.25, 0.3) is 0 Å². The number of carbonyl (C=O) groups is 4. The van der Waals surface area contributed by atoms with E-state index in [0.29, 0.717) is 44.8 Å². The molecule has 1 spiro atoms. The standard InChI is InChI=1S/C33H42N4O8/c1-22-28(23-8-3-2-4-9-23)44-32(42)26-24(10-5-6-11-25(39)34-22)45-33-12-7-13-36(15-14-35-17-20-43-21-18-35)31(41)29(33)37(16-19-38)30(40)27(26)33/h2-5,7-10,12,22,24,26-29,38H,6,11,13-21H2,1H3,(H,34,39)/b10-5-/t22-,24-,26+,27+,28+,29-,33+/m1/s1. The van der Waals surface area contributed by atoms with Crippen molar-refractivity contribution in [1.82, 2.24) is 20.0 Å². The molecule has 0 bridgehead atoms. The highest BCUT2D eigenvalue weighted by Crippen LogP contribution is 2.53. The summed E-state index contributed by atoms with van der Waals surface area (Å²) in [5.74, 6) is -3.61. The highest BCUT2D eigenvalue weighted by molar-refractivity contribution is 5.99. The summed E-state index contributed by atoms with van der Waals surface area (Å²) in [4.78, 5) is 60.9. The van der Waals surface area contributed by atoms with Crippen LogP contribution in [0, 0.1) is 11.8 Å². The second-order valence-electron chi connectivity index (χ2n) is 12.3. The van der Waals surface area contributed by atoms with Crippen LogP contribution in [0.1, 0.15) is 31.4 Å². The van der Waals surface area contributed by atoms with Gasteiger partial charge in [-0.25, -0.2) is 0 Å². The third-order valence-corrected chi connectivity index (χ3v) is 9.56. The van der Waals surface area contributed by atoms with E-state index in [1.807, 2.05) is 36.4 Å². The predicted octanol–water partition coefficient (Wildman–Crippen LogP) is 0.429. The van der Waals surface area contributed by atoms with Crippen molar-refractivity contribution in [2.45, 2.75) is 49.7 Å². The van der Waals surface area contributed by atoms with Crippen LogP contribution in [0.15, 0.2) is 54.6 Å². The largest absolute Gasteiger partial charge is 0.455 e. The molecule has 5 aliphatic heterocycles. The molecule has 5 heterocycles. The number of nitrogens with zero attached hydrogens (tertiary/aromatic N) is 3. The first-order valence-corrected chi connectivity index (χ1v) is 15.9. The Balaban J connectivity index is 1.35. The lowest BCUT2D eigenvalue weighted by Crippen LogP contribution is -2.56. The number of benzene rings is 1. The van der Waals surface area contributed by atoms with Gasteiger partial charge in [0.15, 0.2) is 0 Å². The molecule has 242 valence electrons. The van der Waals surface area contributed by atoms with Gasteiger partial charge in [0.1, 0.15) is 23.7 Å². The number of nitrogens with one attached hydrogen (secondary N) is 1. The zero-order valence-electron chi connectivity index (χ0n) is 25.6. The van der Waals surface area contributed by atoms with E-state index in [1.165, 1.54) is 4.90 Å². The Labute approximate surface area is 262 Å². The Morgan fingerprint density at radius 1 is 1.00 bits per heavy atom. The quantitative estimate of drug-likeness (QED) is 0.342. The molecule has 7 atom stereocenters. The lowest BCUT2D eigenvalue weighted by atomic mass is 9.77. The summed E-state index contributed by atoms with van der Waals surface area (Å²) in [6, 6.07) is 7.57. The Morgan fingerprint density at radius 3 is 2.53 bits per heavy atom. The smallest absolute Gasteiger partial charge is 0.313 e. The van der Waals surface area contributed by atoms with Gasteiger partial charge in [-0.3, -0.25) is 24.1 Å². The van der Waals surface area contributed by atoms with E-state index < -0.39 is 53.6 Å². The van der Waals surface area contributed by atoms with Gasteiger partial charge in [-0.1, -0.05) is 54.6 Å². The summed E-state index contributed by atoms with van der Waals surface area (Å²) in [5, 5.41) is 12.9. The number of aliphatic hydroxyl groups is 1. The maximum absolute atomic E-state index is 14.3.